The zero-order chi connectivity index (χ0) is 8.72. The highest BCUT2D eigenvalue weighted by atomic mass is 127. The Morgan fingerprint density at radius 3 is 2.92 bits per heavy atom. The van der Waals surface area contributed by atoms with Crippen LogP contribution in [0.25, 0.3) is 11.0 Å². The molecule has 62 valence electrons. The Bertz CT molecular complexity index is 433. The van der Waals surface area contributed by atoms with Gasteiger partial charge >= 0.3 is 0 Å². The number of hydrogen-bond donors (Lipinski definition) is 0. The Balaban J connectivity index is 2.93. The van der Waals surface area contributed by atoms with Gasteiger partial charge in [-0.1, -0.05) is 0 Å². The molecular formula is C8H8IN3. The van der Waals surface area contributed by atoms with Crippen LogP contribution in [0.5, 0.6) is 0 Å². The molecule has 0 N–H and O–H groups in total. The largest absolute Gasteiger partial charge is 0.347 e. The molecule has 2 rings (SSSR count). The lowest BCUT2D eigenvalue weighted by Gasteiger charge is -1.98. The van der Waals surface area contributed by atoms with Crippen molar-refractivity contribution < 1.29 is 0 Å². The molecule has 0 unspecified atom stereocenters. The van der Waals surface area contributed by atoms with Gasteiger partial charge < -0.3 is 4.57 Å². The molecule has 0 spiro atoms. The van der Waals surface area contributed by atoms with Crippen molar-refractivity contribution in [3.05, 3.63) is 21.8 Å². The molecule has 0 saturated carbocycles. The number of nitrogens with zero attached hydrogens (tertiary/aromatic N) is 3. The van der Waals surface area contributed by atoms with Crippen molar-refractivity contribution in [3.63, 3.8) is 0 Å². The summed E-state index contributed by atoms with van der Waals surface area (Å²) < 4.78 is 3.05. The van der Waals surface area contributed by atoms with E-state index in [1.807, 2.05) is 30.8 Å². The number of halogens is 1. The highest BCUT2D eigenvalue weighted by Crippen LogP contribution is 2.17. The number of rotatable bonds is 0. The lowest BCUT2D eigenvalue weighted by Crippen LogP contribution is -1.95. The Labute approximate surface area is 84.0 Å². The third-order valence-corrected chi connectivity index (χ3v) is 2.54. The van der Waals surface area contributed by atoms with Crippen molar-refractivity contribution >= 4 is 33.6 Å². The summed E-state index contributed by atoms with van der Waals surface area (Å²) in [6.45, 7) is 1.91. The van der Waals surface area contributed by atoms with Crippen molar-refractivity contribution in [3.8, 4) is 0 Å². The summed E-state index contributed by atoms with van der Waals surface area (Å²) >= 11 is 2.23. The number of aryl methyl sites for hydroxylation is 2. The Hall–Kier alpha value is -0.650. The first kappa shape index (κ1) is 7.97. The van der Waals surface area contributed by atoms with Crippen LogP contribution in [-0.2, 0) is 7.05 Å². The molecule has 0 amide bonds. The third-order valence-electron chi connectivity index (χ3n) is 1.79. The maximum atomic E-state index is 4.32. The summed E-state index contributed by atoms with van der Waals surface area (Å²) in [5, 5.41) is 0. The first-order valence-electron chi connectivity index (χ1n) is 3.63. The third kappa shape index (κ3) is 1.10. The van der Waals surface area contributed by atoms with Crippen LogP contribution < -0.4 is 0 Å². The van der Waals surface area contributed by atoms with Crippen LogP contribution >= 0.6 is 22.6 Å². The minimum Gasteiger partial charge on any atom is -0.347 e. The van der Waals surface area contributed by atoms with Gasteiger partial charge in [0.25, 0.3) is 0 Å². The van der Waals surface area contributed by atoms with E-state index in [1.165, 1.54) is 0 Å². The highest BCUT2D eigenvalue weighted by Gasteiger charge is 2.05. The number of aromatic nitrogens is 3. The van der Waals surface area contributed by atoms with E-state index >= 15 is 0 Å². The molecule has 3 nitrogen and oxygen atoms in total. The molecule has 0 aliphatic heterocycles. The summed E-state index contributed by atoms with van der Waals surface area (Å²) in [4.78, 5) is 8.61. The van der Waals surface area contributed by atoms with Gasteiger partial charge in [0, 0.05) is 13.2 Å². The topological polar surface area (TPSA) is 30.7 Å². The molecule has 0 aromatic carbocycles. The van der Waals surface area contributed by atoms with E-state index in [0.29, 0.717) is 0 Å². The predicted octanol–water partition coefficient (Wildman–Crippen LogP) is 1.88. The van der Waals surface area contributed by atoms with Gasteiger partial charge in [0.1, 0.15) is 9.53 Å². The van der Waals surface area contributed by atoms with Gasteiger partial charge in [-0.2, -0.15) is 0 Å². The Morgan fingerprint density at radius 2 is 2.17 bits per heavy atom. The molecule has 0 bridgehead atoms. The fourth-order valence-corrected chi connectivity index (χ4v) is 2.26. The quantitative estimate of drug-likeness (QED) is 0.542. The summed E-state index contributed by atoms with van der Waals surface area (Å²) in [7, 11) is 2.00. The van der Waals surface area contributed by atoms with Gasteiger partial charge in [-0.25, -0.2) is 9.97 Å². The molecule has 2 aromatic heterocycles. The van der Waals surface area contributed by atoms with Crippen LogP contribution in [0.15, 0.2) is 12.3 Å². The van der Waals surface area contributed by atoms with Crippen LogP contribution in [0.2, 0.25) is 0 Å². The van der Waals surface area contributed by atoms with Crippen LogP contribution in [0, 0.1) is 10.6 Å². The van der Waals surface area contributed by atoms with Crippen molar-refractivity contribution in [2.75, 3.05) is 0 Å². The van der Waals surface area contributed by atoms with E-state index in [-0.39, 0.29) is 0 Å². The molecule has 4 heteroatoms. The van der Waals surface area contributed by atoms with Gasteiger partial charge in [0.15, 0.2) is 0 Å². The van der Waals surface area contributed by atoms with Crippen LogP contribution in [0.3, 0.4) is 0 Å². The number of fused-ring (bicyclic) bond motifs is 1. The van der Waals surface area contributed by atoms with Crippen molar-refractivity contribution in [1.29, 1.82) is 0 Å². The lowest BCUT2D eigenvalue weighted by molar-refractivity contribution is 0.950. The maximum Gasteiger partial charge on any atom is 0.129 e. The predicted molar refractivity (Wildman–Crippen MR) is 56.0 cm³/mol. The SMILES string of the molecule is Cc1nc(I)c2c(ccn2C)n1. The first-order valence-corrected chi connectivity index (χ1v) is 4.71. The van der Waals surface area contributed by atoms with E-state index in [4.69, 9.17) is 0 Å². The zero-order valence-electron chi connectivity index (χ0n) is 6.87. The summed E-state index contributed by atoms with van der Waals surface area (Å²) in [5.74, 6) is 0.832. The average Bonchev–Trinajstić information content (AvgIpc) is 2.31. The second-order valence-corrected chi connectivity index (χ2v) is 3.74. The minimum atomic E-state index is 0.832. The van der Waals surface area contributed by atoms with Gasteiger partial charge in [-0.05, 0) is 35.6 Å². The molecule has 0 fully saturated rings. The number of hydrogen-bond acceptors (Lipinski definition) is 2. The second-order valence-electron chi connectivity index (χ2n) is 2.72. The van der Waals surface area contributed by atoms with Crippen molar-refractivity contribution in [2.45, 2.75) is 6.92 Å². The van der Waals surface area contributed by atoms with Gasteiger partial charge in [0.2, 0.25) is 0 Å². The van der Waals surface area contributed by atoms with Gasteiger partial charge in [0.05, 0.1) is 11.0 Å². The Morgan fingerprint density at radius 1 is 1.42 bits per heavy atom. The fraction of sp³-hybridized carbons (Fsp3) is 0.250. The molecular weight excluding hydrogens is 265 g/mol. The zero-order valence-corrected chi connectivity index (χ0v) is 9.03. The van der Waals surface area contributed by atoms with E-state index in [0.717, 1.165) is 20.6 Å². The lowest BCUT2D eigenvalue weighted by atomic mass is 10.4. The average molecular weight is 273 g/mol. The molecule has 0 aliphatic rings. The molecule has 0 radical (unpaired) electrons. The molecule has 0 aliphatic carbocycles. The second kappa shape index (κ2) is 2.69. The molecule has 2 heterocycles. The van der Waals surface area contributed by atoms with E-state index in [1.54, 1.807) is 0 Å². The minimum absolute atomic E-state index is 0.832. The highest BCUT2D eigenvalue weighted by molar-refractivity contribution is 14.1. The van der Waals surface area contributed by atoms with Crippen LogP contribution in [0.1, 0.15) is 5.82 Å². The summed E-state index contributed by atoms with van der Waals surface area (Å²) in [5.41, 5.74) is 2.13. The molecule has 2 aromatic rings. The van der Waals surface area contributed by atoms with E-state index in [2.05, 4.69) is 32.6 Å². The van der Waals surface area contributed by atoms with Crippen LogP contribution in [0.4, 0.5) is 0 Å². The fourth-order valence-electron chi connectivity index (χ4n) is 1.25. The molecule has 0 saturated heterocycles. The first-order chi connectivity index (χ1) is 5.68. The standard InChI is InChI=1S/C8H8IN3/c1-5-10-6-3-4-12(2)7(6)8(9)11-5/h3-4H,1-2H3. The summed E-state index contributed by atoms with van der Waals surface area (Å²) in [6.07, 6.45) is 2.00. The Kier molecular flexibility index (Phi) is 1.79. The van der Waals surface area contributed by atoms with Crippen LogP contribution in [-0.4, -0.2) is 14.5 Å². The molecule has 0 atom stereocenters. The van der Waals surface area contributed by atoms with Gasteiger partial charge in [-0.3, -0.25) is 0 Å². The monoisotopic (exact) mass is 273 g/mol. The summed E-state index contributed by atoms with van der Waals surface area (Å²) in [6, 6.07) is 2.01. The van der Waals surface area contributed by atoms with E-state index in [9.17, 15) is 0 Å². The van der Waals surface area contributed by atoms with Crippen molar-refractivity contribution in [2.24, 2.45) is 7.05 Å². The van der Waals surface area contributed by atoms with E-state index < -0.39 is 0 Å². The van der Waals surface area contributed by atoms with Crippen molar-refractivity contribution in [1.82, 2.24) is 14.5 Å². The normalized spacial score (nSPS) is 10.9. The van der Waals surface area contributed by atoms with Gasteiger partial charge in [-0.15, -0.1) is 0 Å². The molecule has 12 heavy (non-hydrogen) atoms. The maximum absolute atomic E-state index is 4.32. The smallest absolute Gasteiger partial charge is 0.129 e.